The van der Waals surface area contributed by atoms with E-state index >= 15 is 0 Å². The molecule has 0 bridgehead atoms. The number of rotatable bonds is 2. The lowest BCUT2D eigenvalue weighted by Gasteiger charge is -2.04. The molecule has 22 heavy (non-hydrogen) atoms. The van der Waals surface area contributed by atoms with Crippen molar-refractivity contribution in [1.29, 1.82) is 0 Å². The normalized spacial score (nSPS) is 11.4. The number of nitrogens with one attached hydrogen (secondary N) is 1. The van der Waals surface area contributed by atoms with Gasteiger partial charge < -0.3 is 9.72 Å². The number of para-hydroxylation sites is 1. The molecule has 4 aromatic rings. The summed E-state index contributed by atoms with van der Waals surface area (Å²) in [6.07, 6.45) is 1.69. The van der Waals surface area contributed by atoms with Gasteiger partial charge in [0.15, 0.2) is 11.3 Å². The number of methoxy groups -OCH3 is 1. The van der Waals surface area contributed by atoms with Crippen LogP contribution >= 0.6 is 0 Å². The van der Waals surface area contributed by atoms with Crippen molar-refractivity contribution in [2.75, 3.05) is 7.11 Å². The first-order valence-electron chi connectivity index (χ1n) is 6.50. The zero-order chi connectivity index (χ0) is 15.3. The van der Waals surface area contributed by atoms with Crippen LogP contribution < -0.4 is 10.4 Å². The second kappa shape index (κ2) is 4.38. The third kappa shape index (κ3) is 1.68. The van der Waals surface area contributed by atoms with E-state index in [9.17, 15) is 4.79 Å². The molecule has 9 heteroatoms. The topological polar surface area (TPSA) is 103 Å². The Balaban J connectivity index is 2.09. The molecule has 0 aliphatic rings. The molecular weight excluding hydrogens is 286 g/mol. The van der Waals surface area contributed by atoms with Gasteiger partial charge in [0.05, 0.1) is 18.8 Å². The fourth-order valence-electron chi connectivity index (χ4n) is 2.36. The van der Waals surface area contributed by atoms with Crippen LogP contribution in [0.15, 0.2) is 29.2 Å². The van der Waals surface area contributed by atoms with Crippen molar-refractivity contribution in [3.63, 3.8) is 0 Å². The predicted octanol–water partition coefficient (Wildman–Crippen LogP) is 0.375. The van der Waals surface area contributed by atoms with Crippen molar-refractivity contribution >= 4 is 16.6 Å². The number of ether oxygens (including phenoxy) is 1. The molecule has 0 unspecified atom stereocenters. The number of hydrogen-bond donors (Lipinski definition) is 1. The maximum absolute atomic E-state index is 12.2. The van der Waals surface area contributed by atoms with Gasteiger partial charge in [-0.15, -0.1) is 10.2 Å². The van der Waals surface area contributed by atoms with Crippen LogP contribution in [0.25, 0.3) is 28.1 Å². The van der Waals surface area contributed by atoms with Gasteiger partial charge in [-0.05, 0) is 12.1 Å². The summed E-state index contributed by atoms with van der Waals surface area (Å²) in [7, 11) is 3.30. The molecule has 4 rings (SSSR count). The number of H-pyrrole nitrogens is 1. The molecule has 0 amide bonds. The molecule has 0 saturated heterocycles. The number of hydrogen-bond acceptors (Lipinski definition) is 6. The van der Waals surface area contributed by atoms with Gasteiger partial charge in [0, 0.05) is 12.4 Å². The Morgan fingerprint density at radius 2 is 2.18 bits per heavy atom. The van der Waals surface area contributed by atoms with E-state index in [2.05, 4.69) is 25.4 Å². The zero-order valence-corrected chi connectivity index (χ0v) is 11.8. The van der Waals surface area contributed by atoms with Crippen molar-refractivity contribution in [3.05, 3.63) is 34.9 Å². The average molecular weight is 297 g/mol. The first-order chi connectivity index (χ1) is 10.7. The summed E-state index contributed by atoms with van der Waals surface area (Å²) in [5, 5.41) is 12.8. The van der Waals surface area contributed by atoms with Crippen molar-refractivity contribution in [2.45, 2.75) is 0 Å². The third-order valence-corrected chi connectivity index (χ3v) is 3.35. The van der Waals surface area contributed by atoms with Crippen LogP contribution in [0.1, 0.15) is 0 Å². The van der Waals surface area contributed by atoms with Crippen LogP contribution in [-0.2, 0) is 7.05 Å². The van der Waals surface area contributed by atoms with Gasteiger partial charge in [-0.25, -0.2) is 9.78 Å². The molecule has 0 spiro atoms. The molecule has 1 aromatic carbocycles. The standard InChI is InChI=1S/C13H11N7O2/c1-19-6-8(16-18-19)11-15-12-7-4-3-5-9(22-2)10(7)14-13(21)20(12)17-11/h3-6H,1-2H3,(H,14,21). The largest absolute Gasteiger partial charge is 0.495 e. The number of nitrogens with zero attached hydrogens (tertiary/aromatic N) is 6. The summed E-state index contributed by atoms with van der Waals surface area (Å²) in [5.41, 5.74) is 1.13. The Hall–Kier alpha value is -3.23. The monoisotopic (exact) mass is 297 g/mol. The lowest BCUT2D eigenvalue weighted by atomic mass is 10.2. The van der Waals surface area contributed by atoms with Gasteiger partial charge in [-0.2, -0.15) is 4.52 Å². The van der Waals surface area contributed by atoms with Gasteiger partial charge in [-0.1, -0.05) is 11.3 Å². The van der Waals surface area contributed by atoms with Crippen molar-refractivity contribution in [2.24, 2.45) is 7.05 Å². The van der Waals surface area contributed by atoms with Gasteiger partial charge in [-0.3, -0.25) is 4.68 Å². The van der Waals surface area contributed by atoms with E-state index in [1.54, 1.807) is 31.1 Å². The Bertz CT molecular complexity index is 1060. The second-order valence-corrected chi connectivity index (χ2v) is 4.76. The highest BCUT2D eigenvalue weighted by Gasteiger charge is 2.15. The molecule has 110 valence electrons. The van der Waals surface area contributed by atoms with Crippen molar-refractivity contribution in [1.82, 2.24) is 34.6 Å². The van der Waals surface area contributed by atoms with Gasteiger partial charge in [0.1, 0.15) is 5.75 Å². The predicted molar refractivity (Wildman–Crippen MR) is 77.7 cm³/mol. The van der Waals surface area contributed by atoms with E-state index in [1.807, 2.05) is 12.1 Å². The van der Waals surface area contributed by atoms with Gasteiger partial charge in [0.25, 0.3) is 0 Å². The maximum Gasteiger partial charge on any atom is 0.348 e. The molecule has 0 radical (unpaired) electrons. The summed E-state index contributed by atoms with van der Waals surface area (Å²) in [6.45, 7) is 0. The highest BCUT2D eigenvalue weighted by molar-refractivity contribution is 5.94. The lowest BCUT2D eigenvalue weighted by Crippen LogP contribution is -2.17. The summed E-state index contributed by atoms with van der Waals surface area (Å²) < 4.78 is 8.03. The number of aryl methyl sites for hydroxylation is 1. The molecule has 0 saturated carbocycles. The quantitative estimate of drug-likeness (QED) is 0.573. The van der Waals surface area contributed by atoms with E-state index < -0.39 is 5.69 Å². The van der Waals surface area contributed by atoms with Crippen LogP contribution in [0.4, 0.5) is 0 Å². The Labute approximate surface area is 123 Å². The Kier molecular flexibility index (Phi) is 2.49. The fraction of sp³-hybridized carbons (Fsp3) is 0.154. The second-order valence-electron chi connectivity index (χ2n) is 4.76. The maximum atomic E-state index is 12.2. The van der Waals surface area contributed by atoms with Crippen LogP contribution in [0, 0.1) is 0 Å². The Morgan fingerprint density at radius 3 is 2.91 bits per heavy atom. The minimum absolute atomic E-state index is 0.342. The minimum Gasteiger partial charge on any atom is -0.495 e. The smallest absolute Gasteiger partial charge is 0.348 e. The van der Waals surface area contributed by atoms with E-state index in [0.29, 0.717) is 28.4 Å². The summed E-state index contributed by atoms with van der Waals surface area (Å²) in [6, 6.07) is 5.45. The van der Waals surface area contributed by atoms with Crippen LogP contribution in [0.5, 0.6) is 5.75 Å². The average Bonchev–Trinajstić information content (AvgIpc) is 3.13. The van der Waals surface area contributed by atoms with E-state index in [1.165, 1.54) is 4.52 Å². The molecular formula is C13H11N7O2. The minimum atomic E-state index is -0.394. The molecule has 0 aliphatic heterocycles. The highest BCUT2D eigenvalue weighted by atomic mass is 16.5. The summed E-state index contributed by atoms with van der Waals surface area (Å²) in [4.78, 5) is 19.4. The number of aromatic nitrogens is 7. The fourth-order valence-corrected chi connectivity index (χ4v) is 2.36. The van der Waals surface area contributed by atoms with Gasteiger partial charge in [0.2, 0.25) is 5.82 Å². The first-order valence-corrected chi connectivity index (χ1v) is 6.50. The molecule has 0 aliphatic carbocycles. The van der Waals surface area contributed by atoms with Crippen LogP contribution in [0.3, 0.4) is 0 Å². The molecule has 0 fully saturated rings. The van der Waals surface area contributed by atoms with E-state index in [0.717, 1.165) is 5.39 Å². The SMILES string of the molecule is COc1cccc2c1[nH]c(=O)n1nc(-c3cn(C)nn3)nc21. The summed E-state index contributed by atoms with van der Waals surface area (Å²) >= 11 is 0. The number of fused-ring (bicyclic) bond motifs is 3. The first kappa shape index (κ1) is 12.5. The Morgan fingerprint density at radius 1 is 1.32 bits per heavy atom. The van der Waals surface area contributed by atoms with Gasteiger partial charge >= 0.3 is 5.69 Å². The van der Waals surface area contributed by atoms with E-state index in [-0.39, 0.29) is 0 Å². The molecule has 1 N–H and O–H groups in total. The van der Waals surface area contributed by atoms with Crippen LogP contribution in [0.2, 0.25) is 0 Å². The van der Waals surface area contributed by atoms with Crippen molar-refractivity contribution < 1.29 is 4.74 Å². The number of benzene rings is 1. The lowest BCUT2D eigenvalue weighted by molar-refractivity contribution is 0.418. The summed E-state index contributed by atoms with van der Waals surface area (Å²) in [5.74, 6) is 0.912. The molecule has 9 nitrogen and oxygen atoms in total. The number of aromatic amines is 1. The van der Waals surface area contributed by atoms with E-state index in [4.69, 9.17) is 4.74 Å². The molecule has 3 aromatic heterocycles. The highest BCUT2D eigenvalue weighted by Crippen LogP contribution is 2.25. The zero-order valence-electron chi connectivity index (χ0n) is 11.8. The molecule has 0 atom stereocenters. The molecule has 3 heterocycles. The third-order valence-electron chi connectivity index (χ3n) is 3.35. The van der Waals surface area contributed by atoms with Crippen LogP contribution in [-0.4, -0.2) is 41.7 Å². The van der Waals surface area contributed by atoms with Crippen molar-refractivity contribution in [3.8, 4) is 17.3 Å².